The highest BCUT2D eigenvalue weighted by Crippen LogP contribution is 2.53. The van der Waals surface area contributed by atoms with Gasteiger partial charge in [0.05, 0.1) is 5.70 Å². The van der Waals surface area contributed by atoms with Gasteiger partial charge < -0.3 is 10.6 Å². The lowest BCUT2D eigenvalue weighted by Gasteiger charge is -2.54. The Bertz CT molecular complexity index is 400. The van der Waals surface area contributed by atoms with Crippen molar-refractivity contribution < 1.29 is 4.79 Å². The highest BCUT2D eigenvalue weighted by molar-refractivity contribution is 5.98. The molecule has 0 aromatic heterocycles. The van der Waals surface area contributed by atoms with E-state index in [4.69, 9.17) is 0 Å². The summed E-state index contributed by atoms with van der Waals surface area (Å²) in [4.78, 5) is 12.0. The van der Waals surface area contributed by atoms with Crippen molar-refractivity contribution in [2.45, 2.75) is 50.6 Å². The summed E-state index contributed by atoms with van der Waals surface area (Å²) in [5.41, 5.74) is 0.900. The van der Waals surface area contributed by atoms with Gasteiger partial charge in [-0.1, -0.05) is 0 Å². The Balaban J connectivity index is 1.50. The van der Waals surface area contributed by atoms with E-state index in [0.717, 1.165) is 29.4 Å². The minimum Gasteiger partial charge on any atom is -0.379 e. The normalized spacial score (nSPS) is 47.6. The highest BCUT2D eigenvalue weighted by atomic mass is 16.1. The van der Waals surface area contributed by atoms with E-state index in [1.54, 1.807) is 0 Å². The Morgan fingerprint density at radius 3 is 2.21 bits per heavy atom. The van der Waals surface area contributed by atoms with Gasteiger partial charge in [0.15, 0.2) is 5.78 Å². The molecule has 0 saturated heterocycles. The maximum Gasteiger partial charge on any atom is 0.180 e. The first-order valence-corrected chi connectivity index (χ1v) is 7.91. The second-order valence-electron chi connectivity index (χ2n) is 7.20. The fourth-order valence-electron chi connectivity index (χ4n) is 5.32. The first kappa shape index (κ1) is 12.0. The molecule has 0 aromatic carbocycles. The Labute approximate surface area is 115 Å². The molecule has 5 aliphatic rings. The van der Waals surface area contributed by atoms with Crippen molar-refractivity contribution in [3.05, 3.63) is 11.8 Å². The lowest BCUT2D eigenvalue weighted by atomic mass is 9.54. The van der Waals surface area contributed by atoms with E-state index in [1.807, 2.05) is 7.05 Å². The van der Waals surface area contributed by atoms with Crippen LogP contribution in [0, 0.1) is 23.7 Å². The lowest BCUT2D eigenvalue weighted by Crippen LogP contribution is -2.54. The van der Waals surface area contributed by atoms with Crippen LogP contribution >= 0.6 is 0 Å². The van der Waals surface area contributed by atoms with Crippen molar-refractivity contribution in [1.29, 1.82) is 0 Å². The smallest absolute Gasteiger partial charge is 0.180 e. The molecule has 0 aliphatic heterocycles. The van der Waals surface area contributed by atoms with Crippen molar-refractivity contribution in [2.75, 3.05) is 7.05 Å². The summed E-state index contributed by atoms with van der Waals surface area (Å²) in [6, 6.07) is 0.824. The molecular weight excluding hydrogens is 236 g/mol. The lowest BCUT2D eigenvalue weighted by molar-refractivity contribution is -0.115. The highest BCUT2D eigenvalue weighted by Gasteiger charge is 2.48. The van der Waals surface area contributed by atoms with Crippen LogP contribution in [0.3, 0.4) is 0 Å². The zero-order valence-electron chi connectivity index (χ0n) is 11.7. The van der Waals surface area contributed by atoms with Crippen molar-refractivity contribution in [1.82, 2.24) is 10.6 Å². The number of ketones is 1. The Morgan fingerprint density at radius 1 is 1.05 bits per heavy atom. The fourth-order valence-corrected chi connectivity index (χ4v) is 5.32. The molecule has 3 nitrogen and oxygen atoms in total. The molecule has 0 spiro atoms. The molecule has 104 valence electrons. The maximum atomic E-state index is 12.0. The van der Waals surface area contributed by atoms with E-state index in [1.165, 1.54) is 32.1 Å². The van der Waals surface area contributed by atoms with Gasteiger partial charge in [-0.2, -0.15) is 0 Å². The molecule has 1 unspecified atom stereocenters. The molecule has 4 bridgehead atoms. The first-order chi connectivity index (χ1) is 9.22. The molecule has 2 N–H and O–H groups in total. The molecule has 0 heterocycles. The molecule has 5 aliphatic carbocycles. The van der Waals surface area contributed by atoms with Gasteiger partial charge in [-0.05, 0) is 68.9 Å². The Hall–Kier alpha value is -0.830. The number of hydrogen-bond acceptors (Lipinski definition) is 3. The van der Waals surface area contributed by atoms with Gasteiger partial charge in [0.25, 0.3) is 0 Å². The van der Waals surface area contributed by atoms with Gasteiger partial charge in [-0.25, -0.2) is 0 Å². The van der Waals surface area contributed by atoms with Gasteiger partial charge in [-0.15, -0.1) is 0 Å². The number of hydrogen-bond donors (Lipinski definition) is 2. The second-order valence-corrected chi connectivity index (χ2v) is 7.20. The molecule has 1 atom stereocenters. The van der Waals surface area contributed by atoms with E-state index in [2.05, 4.69) is 16.7 Å². The summed E-state index contributed by atoms with van der Waals surface area (Å²) in [5, 5.41) is 6.84. The van der Waals surface area contributed by atoms with Crippen LogP contribution in [0.15, 0.2) is 11.8 Å². The van der Waals surface area contributed by atoms with E-state index < -0.39 is 0 Å². The second kappa shape index (κ2) is 4.34. The fraction of sp³-hybridized carbons (Fsp3) is 0.812. The molecule has 19 heavy (non-hydrogen) atoms. The maximum absolute atomic E-state index is 12.0. The van der Waals surface area contributed by atoms with Gasteiger partial charge in [0.2, 0.25) is 0 Å². The molecular formula is C16H24N2O. The zero-order chi connectivity index (χ0) is 13.0. The Morgan fingerprint density at radius 2 is 1.68 bits per heavy atom. The van der Waals surface area contributed by atoms with Crippen LogP contribution in [0.5, 0.6) is 0 Å². The summed E-state index contributed by atoms with van der Waals surface area (Å²) >= 11 is 0. The molecule has 4 saturated carbocycles. The summed E-state index contributed by atoms with van der Waals surface area (Å²) < 4.78 is 0. The third-order valence-corrected chi connectivity index (χ3v) is 5.99. The largest absolute Gasteiger partial charge is 0.379 e. The minimum atomic E-state index is 0.242. The zero-order valence-corrected chi connectivity index (χ0v) is 11.7. The number of allylic oxidation sites excluding steroid dienone is 1. The summed E-state index contributed by atoms with van der Waals surface area (Å²) in [7, 11) is 1.93. The molecule has 0 amide bonds. The predicted octanol–water partition coefficient (Wildman–Crippen LogP) is 1.85. The average Bonchev–Trinajstić information content (AvgIpc) is 2.74. The van der Waals surface area contributed by atoms with Crippen LogP contribution in [-0.4, -0.2) is 24.9 Å². The number of Topliss-reactive ketones (excluding diaryl/α,β-unsaturated/α-hetero) is 1. The van der Waals surface area contributed by atoms with E-state index in [9.17, 15) is 4.79 Å². The minimum absolute atomic E-state index is 0.242. The SMILES string of the molecule is CNC1C=C(NC2C3CC4CC(C3)CC2C4)C(=O)C1. The van der Waals surface area contributed by atoms with Gasteiger partial charge >= 0.3 is 0 Å². The molecule has 0 aromatic rings. The van der Waals surface area contributed by atoms with Gasteiger partial charge in [0.1, 0.15) is 0 Å². The van der Waals surface area contributed by atoms with Gasteiger partial charge in [-0.3, -0.25) is 4.79 Å². The van der Waals surface area contributed by atoms with Crippen LogP contribution in [0.2, 0.25) is 0 Å². The number of nitrogens with one attached hydrogen (secondary N) is 2. The molecule has 3 heteroatoms. The number of carbonyl (C=O) groups is 1. The van der Waals surface area contributed by atoms with Crippen LogP contribution in [-0.2, 0) is 4.79 Å². The van der Waals surface area contributed by atoms with Crippen LogP contribution in [0.1, 0.15) is 38.5 Å². The summed E-state index contributed by atoms with van der Waals surface area (Å²) in [6.45, 7) is 0. The number of rotatable bonds is 3. The van der Waals surface area contributed by atoms with E-state index >= 15 is 0 Å². The third-order valence-electron chi connectivity index (χ3n) is 5.99. The van der Waals surface area contributed by atoms with Crippen molar-refractivity contribution in [2.24, 2.45) is 23.7 Å². The summed E-state index contributed by atoms with van der Waals surface area (Å²) in [5.74, 6) is 3.96. The van der Waals surface area contributed by atoms with E-state index in [0.29, 0.717) is 18.2 Å². The quantitative estimate of drug-likeness (QED) is 0.813. The number of likely N-dealkylation sites (N-methyl/N-ethyl adjacent to an activating group) is 1. The van der Waals surface area contributed by atoms with Gasteiger partial charge in [0, 0.05) is 18.5 Å². The Kier molecular flexibility index (Phi) is 2.73. The molecule has 0 radical (unpaired) electrons. The van der Waals surface area contributed by atoms with Crippen molar-refractivity contribution >= 4 is 5.78 Å². The number of carbonyl (C=O) groups excluding carboxylic acids is 1. The predicted molar refractivity (Wildman–Crippen MR) is 74.5 cm³/mol. The van der Waals surface area contributed by atoms with Crippen LogP contribution < -0.4 is 10.6 Å². The molecule has 5 rings (SSSR count). The van der Waals surface area contributed by atoms with Crippen LogP contribution in [0.25, 0.3) is 0 Å². The third kappa shape index (κ3) is 1.94. The standard InChI is InChI=1S/C16H24N2O/c1-17-13-7-14(15(19)8-13)18-16-11-3-9-2-10(5-11)6-12(16)4-9/h7,9-13,16-18H,2-6,8H2,1H3. The monoisotopic (exact) mass is 260 g/mol. The van der Waals surface area contributed by atoms with E-state index in [-0.39, 0.29) is 6.04 Å². The summed E-state index contributed by atoms with van der Waals surface area (Å²) in [6.07, 6.45) is 9.84. The average molecular weight is 260 g/mol. The van der Waals surface area contributed by atoms with Crippen molar-refractivity contribution in [3.8, 4) is 0 Å². The first-order valence-electron chi connectivity index (χ1n) is 7.91. The van der Waals surface area contributed by atoms with Crippen LogP contribution in [0.4, 0.5) is 0 Å². The topological polar surface area (TPSA) is 41.1 Å². The van der Waals surface area contributed by atoms with Crippen molar-refractivity contribution in [3.63, 3.8) is 0 Å². The molecule has 4 fully saturated rings.